The van der Waals surface area contributed by atoms with Crippen LogP contribution in [0.1, 0.15) is 18.7 Å². The quantitative estimate of drug-likeness (QED) is 0.789. The molecule has 1 atom stereocenters. The molecule has 7 nitrogen and oxygen atoms in total. The molecule has 1 saturated heterocycles. The molecule has 0 unspecified atom stereocenters. The number of hydrogen-bond donors (Lipinski definition) is 2. The molecule has 3 N–H and O–H groups in total. The van der Waals surface area contributed by atoms with Crippen LogP contribution in [0.3, 0.4) is 0 Å². The molecule has 0 aliphatic carbocycles. The smallest absolute Gasteiger partial charge is 0.232 e. The van der Waals surface area contributed by atoms with Gasteiger partial charge in [0.05, 0.1) is 24.7 Å². The van der Waals surface area contributed by atoms with Gasteiger partial charge in [-0.15, -0.1) is 0 Å². The highest BCUT2D eigenvalue weighted by atomic mass is 32.2. The SMILES string of the molecule is COc1ccccc1Nc1nc(N)nc(CSC[C@H]2CCCO2)n1. The molecule has 2 aromatic rings. The summed E-state index contributed by atoms with van der Waals surface area (Å²) < 4.78 is 10.9. The molecule has 8 heteroatoms. The monoisotopic (exact) mass is 347 g/mol. The molecule has 0 spiro atoms. The van der Waals surface area contributed by atoms with Crippen molar-refractivity contribution in [2.24, 2.45) is 0 Å². The molecule has 24 heavy (non-hydrogen) atoms. The molecule has 0 bridgehead atoms. The van der Waals surface area contributed by atoms with Gasteiger partial charge in [-0.05, 0) is 25.0 Å². The van der Waals surface area contributed by atoms with E-state index in [4.69, 9.17) is 15.2 Å². The van der Waals surface area contributed by atoms with Crippen molar-refractivity contribution >= 4 is 29.3 Å². The van der Waals surface area contributed by atoms with Gasteiger partial charge < -0.3 is 20.5 Å². The zero-order valence-electron chi connectivity index (χ0n) is 13.6. The Labute approximate surface area is 145 Å². The molecule has 1 aliphatic heterocycles. The second-order valence-electron chi connectivity index (χ2n) is 5.41. The zero-order chi connectivity index (χ0) is 16.8. The normalized spacial score (nSPS) is 17.0. The Hall–Kier alpha value is -2.06. The third-order valence-electron chi connectivity index (χ3n) is 3.61. The number of benzene rings is 1. The van der Waals surface area contributed by atoms with Gasteiger partial charge in [0.1, 0.15) is 11.6 Å². The summed E-state index contributed by atoms with van der Waals surface area (Å²) in [6.07, 6.45) is 2.63. The van der Waals surface area contributed by atoms with Crippen LogP contribution in [0, 0.1) is 0 Å². The van der Waals surface area contributed by atoms with Gasteiger partial charge in [0.25, 0.3) is 0 Å². The van der Waals surface area contributed by atoms with Crippen molar-refractivity contribution in [1.82, 2.24) is 15.0 Å². The van der Waals surface area contributed by atoms with Crippen LogP contribution in [0.5, 0.6) is 5.75 Å². The maximum Gasteiger partial charge on any atom is 0.232 e. The number of nitrogens with zero attached hydrogens (tertiary/aromatic N) is 3. The Bertz CT molecular complexity index is 679. The first kappa shape index (κ1) is 16.8. The van der Waals surface area contributed by atoms with Crippen LogP contribution in [0.4, 0.5) is 17.6 Å². The van der Waals surface area contributed by atoms with E-state index in [-0.39, 0.29) is 5.95 Å². The van der Waals surface area contributed by atoms with Gasteiger partial charge in [0.2, 0.25) is 11.9 Å². The van der Waals surface area contributed by atoms with Crippen LogP contribution in [0.25, 0.3) is 0 Å². The number of ether oxygens (including phenoxy) is 2. The second-order valence-corrected chi connectivity index (χ2v) is 6.44. The third-order valence-corrected chi connectivity index (χ3v) is 4.68. The summed E-state index contributed by atoms with van der Waals surface area (Å²) in [6.45, 7) is 0.872. The van der Waals surface area contributed by atoms with E-state index in [1.54, 1.807) is 18.9 Å². The predicted octanol–water partition coefficient (Wildman–Crippen LogP) is 2.62. The molecule has 0 amide bonds. The van der Waals surface area contributed by atoms with Crippen molar-refractivity contribution in [3.05, 3.63) is 30.1 Å². The van der Waals surface area contributed by atoms with E-state index in [1.807, 2.05) is 24.3 Å². The van der Waals surface area contributed by atoms with Gasteiger partial charge >= 0.3 is 0 Å². The number of aromatic nitrogens is 3. The molecule has 1 fully saturated rings. The van der Waals surface area contributed by atoms with Crippen LogP contribution in [-0.2, 0) is 10.5 Å². The van der Waals surface area contributed by atoms with E-state index >= 15 is 0 Å². The van der Waals surface area contributed by atoms with E-state index in [1.165, 1.54) is 0 Å². The first-order valence-electron chi connectivity index (χ1n) is 7.84. The van der Waals surface area contributed by atoms with Crippen LogP contribution >= 0.6 is 11.8 Å². The lowest BCUT2D eigenvalue weighted by molar-refractivity contribution is 0.129. The standard InChI is InChI=1S/C16H21N5O2S/c1-22-13-7-3-2-6-12(13)18-16-20-14(19-15(17)21-16)10-24-9-11-5-4-8-23-11/h2-3,6-7,11H,4-5,8-10H2,1H3,(H3,17,18,19,20,21)/t11-/m1/s1. The molecule has 1 aliphatic rings. The van der Waals surface area contributed by atoms with Gasteiger partial charge in [-0.1, -0.05) is 12.1 Å². The average molecular weight is 347 g/mol. The molecule has 3 rings (SSSR count). The Morgan fingerprint density at radius 2 is 2.21 bits per heavy atom. The van der Waals surface area contributed by atoms with Crippen LogP contribution < -0.4 is 15.8 Å². The number of nitrogens with one attached hydrogen (secondary N) is 1. The summed E-state index contributed by atoms with van der Waals surface area (Å²) in [7, 11) is 1.62. The summed E-state index contributed by atoms with van der Waals surface area (Å²) in [5, 5.41) is 3.14. The van der Waals surface area contributed by atoms with Crippen LogP contribution in [0.15, 0.2) is 24.3 Å². The zero-order valence-corrected chi connectivity index (χ0v) is 14.4. The Kier molecular flexibility index (Phi) is 5.71. The van der Waals surface area contributed by atoms with E-state index in [0.29, 0.717) is 29.4 Å². The van der Waals surface area contributed by atoms with Gasteiger partial charge in [0, 0.05) is 12.4 Å². The van der Waals surface area contributed by atoms with Gasteiger partial charge in [0.15, 0.2) is 0 Å². The van der Waals surface area contributed by atoms with Crippen molar-refractivity contribution in [1.29, 1.82) is 0 Å². The van der Waals surface area contributed by atoms with Crippen LogP contribution in [0.2, 0.25) is 0 Å². The number of nitrogen functional groups attached to an aromatic ring is 1. The number of thioether (sulfide) groups is 1. The van der Waals surface area contributed by atoms with Crippen molar-refractivity contribution in [2.45, 2.75) is 24.7 Å². The number of nitrogens with two attached hydrogens (primary N) is 1. The van der Waals surface area contributed by atoms with E-state index < -0.39 is 0 Å². The van der Waals surface area contributed by atoms with E-state index in [2.05, 4.69) is 20.3 Å². The highest BCUT2D eigenvalue weighted by molar-refractivity contribution is 7.98. The minimum Gasteiger partial charge on any atom is -0.495 e. The lowest BCUT2D eigenvalue weighted by atomic mass is 10.3. The maximum absolute atomic E-state index is 5.81. The predicted molar refractivity (Wildman–Crippen MR) is 95.7 cm³/mol. The minimum atomic E-state index is 0.204. The number of anilines is 3. The fraction of sp³-hybridized carbons (Fsp3) is 0.438. The first-order valence-corrected chi connectivity index (χ1v) is 9.00. The number of hydrogen-bond acceptors (Lipinski definition) is 8. The minimum absolute atomic E-state index is 0.204. The molecule has 1 aromatic heterocycles. The Balaban J connectivity index is 1.64. The number of rotatable bonds is 7. The lowest BCUT2D eigenvalue weighted by Crippen LogP contribution is -2.10. The number of para-hydroxylation sites is 2. The second kappa shape index (κ2) is 8.16. The largest absolute Gasteiger partial charge is 0.495 e. The first-order chi connectivity index (χ1) is 11.7. The van der Waals surface area contributed by atoms with Crippen molar-refractivity contribution < 1.29 is 9.47 Å². The number of methoxy groups -OCH3 is 1. The van der Waals surface area contributed by atoms with Crippen molar-refractivity contribution in [3.8, 4) is 5.75 Å². The van der Waals surface area contributed by atoms with Crippen LogP contribution in [-0.4, -0.2) is 40.5 Å². The Morgan fingerprint density at radius 1 is 1.33 bits per heavy atom. The topological polar surface area (TPSA) is 95.2 Å². The Morgan fingerprint density at radius 3 is 3.00 bits per heavy atom. The average Bonchev–Trinajstić information content (AvgIpc) is 3.08. The fourth-order valence-electron chi connectivity index (χ4n) is 2.48. The molecule has 0 radical (unpaired) electrons. The molecular weight excluding hydrogens is 326 g/mol. The van der Waals surface area contributed by atoms with Gasteiger partial charge in [-0.25, -0.2) is 0 Å². The molecule has 0 saturated carbocycles. The van der Waals surface area contributed by atoms with Gasteiger partial charge in [-0.3, -0.25) is 0 Å². The van der Waals surface area contributed by atoms with E-state index in [0.717, 1.165) is 30.9 Å². The summed E-state index contributed by atoms with van der Waals surface area (Å²) >= 11 is 1.75. The summed E-state index contributed by atoms with van der Waals surface area (Å²) in [5.74, 6) is 3.61. The van der Waals surface area contributed by atoms with Crippen molar-refractivity contribution in [2.75, 3.05) is 30.5 Å². The maximum atomic E-state index is 5.81. The molecular formula is C16H21N5O2S. The fourth-order valence-corrected chi connectivity index (χ4v) is 3.44. The summed E-state index contributed by atoms with van der Waals surface area (Å²) in [6, 6.07) is 7.57. The van der Waals surface area contributed by atoms with E-state index in [9.17, 15) is 0 Å². The summed E-state index contributed by atoms with van der Waals surface area (Å²) in [5.41, 5.74) is 6.59. The summed E-state index contributed by atoms with van der Waals surface area (Å²) in [4.78, 5) is 12.8. The third kappa shape index (κ3) is 4.48. The van der Waals surface area contributed by atoms with Crippen molar-refractivity contribution in [3.63, 3.8) is 0 Å². The molecule has 2 heterocycles. The van der Waals surface area contributed by atoms with Gasteiger partial charge in [-0.2, -0.15) is 26.7 Å². The highest BCUT2D eigenvalue weighted by Gasteiger charge is 2.15. The highest BCUT2D eigenvalue weighted by Crippen LogP contribution is 2.26. The molecule has 128 valence electrons. The lowest BCUT2D eigenvalue weighted by Gasteiger charge is -2.11. The molecule has 1 aromatic carbocycles.